The molecule has 1 fully saturated rings. The van der Waals surface area contributed by atoms with Crippen LogP contribution >= 0.6 is 0 Å². The van der Waals surface area contributed by atoms with Crippen LogP contribution in [-0.2, 0) is 6.54 Å². The number of nitrogens with zero attached hydrogens (tertiary/aromatic N) is 2. The Morgan fingerprint density at radius 2 is 1.89 bits per heavy atom. The van der Waals surface area contributed by atoms with Crippen molar-refractivity contribution in [3.05, 3.63) is 59.3 Å². The number of amides is 2. The SMILES string of the molecule is Cc1ccc(CNc2cc(C(=O)NCC3CCN(C(=O)O)CC3)ccn2)cc1. The maximum absolute atomic E-state index is 12.5. The van der Waals surface area contributed by atoms with Crippen LogP contribution in [0.15, 0.2) is 42.6 Å². The van der Waals surface area contributed by atoms with Crippen LogP contribution in [0.25, 0.3) is 0 Å². The Labute approximate surface area is 164 Å². The summed E-state index contributed by atoms with van der Waals surface area (Å²) >= 11 is 0. The van der Waals surface area contributed by atoms with Gasteiger partial charge in [-0.25, -0.2) is 9.78 Å². The second kappa shape index (κ2) is 9.21. The van der Waals surface area contributed by atoms with Crippen LogP contribution < -0.4 is 10.6 Å². The molecule has 0 aliphatic carbocycles. The molecule has 3 rings (SSSR count). The molecule has 7 nitrogen and oxygen atoms in total. The number of piperidine rings is 1. The number of carbonyl (C=O) groups is 2. The summed E-state index contributed by atoms with van der Waals surface area (Å²) in [6, 6.07) is 11.7. The van der Waals surface area contributed by atoms with Crippen molar-refractivity contribution in [2.45, 2.75) is 26.3 Å². The van der Waals surface area contributed by atoms with Crippen LogP contribution in [0.1, 0.15) is 34.3 Å². The summed E-state index contributed by atoms with van der Waals surface area (Å²) in [5.74, 6) is 0.824. The van der Waals surface area contributed by atoms with Crippen molar-refractivity contribution in [1.29, 1.82) is 0 Å². The molecule has 3 N–H and O–H groups in total. The Morgan fingerprint density at radius 3 is 2.57 bits per heavy atom. The zero-order valence-electron chi connectivity index (χ0n) is 16.0. The van der Waals surface area contributed by atoms with E-state index in [1.807, 2.05) is 0 Å². The molecule has 0 saturated carbocycles. The number of pyridine rings is 1. The average Bonchev–Trinajstić information content (AvgIpc) is 2.72. The minimum Gasteiger partial charge on any atom is -0.465 e. The summed E-state index contributed by atoms with van der Waals surface area (Å²) in [6.07, 6.45) is 2.29. The molecule has 0 atom stereocenters. The molecule has 2 amide bonds. The molecular weight excluding hydrogens is 356 g/mol. The number of benzene rings is 1. The minimum atomic E-state index is -0.870. The van der Waals surface area contributed by atoms with E-state index in [9.17, 15) is 9.59 Å². The lowest BCUT2D eigenvalue weighted by Crippen LogP contribution is -2.40. The molecule has 28 heavy (non-hydrogen) atoms. The highest BCUT2D eigenvalue weighted by Crippen LogP contribution is 2.17. The van der Waals surface area contributed by atoms with Crippen LogP contribution in [0.3, 0.4) is 0 Å². The van der Waals surface area contributed by atoms with Gasteiger partial charge in [-0.15, -0.1) is 0 Å². The van der Waals surface area contributed by atoms with Gasteiger partial charge in [-0.1, -0.05) is 29.8 Å². The summed E-state index contributed by atoms with van der Waals surface area (Å²) in [4.78, 5) is 29.1. The zero-order valence-corrected chi connectivity index (χ0v) is 16.0. The first-order chi connectivity index (χ1) is 13.5. The number of carboxylic acid groups (broad SMARTS) is 1. The molecule has 0 radical (unpaired) electrons. The standard InChI is InChI=1S/C21H26N4O3/c1-15-2-4-16(5-3-15)13-23-19-12-18(6-9-22-19)20(26)24-14-17-7-10-25(11-8-17)21(27)28/h2-6,9,12,17H,7-8,10-11,13-14H2,1H3,(H,22,23)(H,24,26)(H,27,28). The van der Waals surface area contributed by atoms with Gasteiger partial charge in [-0.05, 0) is 43.4 Å². The van der Waals surface area contributed by atoms with Gasteiger partial charge in [-0.3, -0.25) is 4.79 Å². The predicted molar refractivity (Wildman–Crippen MR) is 107 cm³/mol. The third kappa shape index (κ3) is 5.45. The maximum Gasteiger partial charge on any atom is 0.407 e. The predicted octanol–water partition coefficient (Wildman–Crippen LogP) is 3.12. The quantitative estimate of drug-likeness (QED) is 0.714. The topological polar surface area (TPSA) is 94.6 Å². The van der Waals surface area contributed by atoms with Gasteiger partial charge in [0.1, 0.15) is 5.82 Å². The van der Waals surface area contributed by atoms with Crippen molar-refractivity contribution in [1.82, 2.24) is 15.2 Å². The van der Waals surface area contributed by atoms with E-state index in [2.05, 4.69) is 46.8 Å². The fourth-order valence-electron chi connectivity index (χ4n) is 3.23. The van der Waals surface area contributed by atoms with Crippen molar-refractivity contribution in [3.63, 3.8) is 0 Å². The normalized spacial score (nSPS) is 14.5. The first-order valence-electron chi connectivity index (χ1n) is 9.53. The van der Waals surface area contributed by atoms with Crippen LogP contribution in [0.2, 0.25) is 0 Å². The van der Waals surface area contributed by atoms with Crippen molar-refractivity contribution < 1.29 is 14.7 Å². The summed E-state index contributed by atoms with van der Waals surface area (Å²) in [5.41, 5.74) is 2.92. The lowest BCUT2D eigenvalue weighted by atomic mass is 9.97. The number of anilines is 1. The number of nitrogens with one attached hydrogen (secondary N) is 2. The number of hydrogen-bond acceptors (Lipinski definition) is 4. The van der Waals surface area contributed by atoms with Gasteiger partial charge in [0.2, 0.25) is 0 Å². The lowest BCUT2D eigenvalue weighted by Gasteiger charge is -2.29. The Morgan fingerprint density at radius 1 is 1.18 bits per heavy atom. The number of rotatable bonds is 6. The summed E-state index contributed by atoms with van der Waals surface area (Å²) in [6.45, 7) is 4.30. The Balaban J connectivity index is 1.48. The second-order valence-electron chi connectivity index (χ2n) is 7.19. The van der Waals surface area contributed by atoms with E-state index < -0.39 is 6.09 Å². The van der Waals surface area contributed by atoms with E-state index in [0.717, 1.165) is 18.4 Å². The van der Waals surface area contributed by atoms with Crippen molar-refractivity contribution >= 4 is 17.8 Å². The van der Waals surface area contributed by atoms with Gasteiger partial charge in [0.05, 0.1) is 0 Å². The molecule has 2 heterocycles. The molecule has 0 bridgehead atoms. The summed E-state index contributed by atoms with van der Waals surface area (Å²) < 4.78 is 0. The smallest absolute Gasteiger partial charge is 0.407 e. The highest BCUT2D eigenvalue weighted by atomic mass is 16.4. The van der Waals surface area contributed by atoms with Crippen molar-refractivity contribution in [3.8, 4) is 0 Å². The fourth-order valence-corrected chi connectivity index (χ4v) is 3.23. The third-order valence-corrected chi connectivity index (χ3v) is 5.05. The molecule has 1 saturated heterocycles. The largest absolute Gasteiger partial charge is 0.465 e. The maximum atomic E-state index is 12.5. The Kier molecular flexibility index (Phi) is 6.47. The molecule has 1 aliphatic rings. The number of aryl methyl sites for hydroxylation is 1. The highest BCUT2D eigenvalue weighted by Gasteiger charge is 2.22. The van der Waals surface area contributed by atoms with E-state index in [4.69, 9.17) is 5.11 Å². The number of likely N-dealkylation sites (tertiary alicyclic amines) is 1. The number of aromatic nitrogens is 1. The molecule has 1 aliphatic heterocycles. The van der Waals surface area contributed by atoms with Gasteiger partial charge in [0.15, 0.2) is 0 Å². The fraction of sp³-hybridized carbons (Fsp3) is 0.381. The first kappa shape index (κ1) is 19.7. The number of carbonyl (C=O) groups excluding carboxylic acids is 1. The molecule has 0 unspecified atom stereocenters. The zero-order chi connectivity index (χ0) is 19.9. The molecule has 2 aromatic rings. The molecule has 1 aromatic heterocycles. The van der Waals surface area contributed by atoms with E-state index in [-0.39, 0.29) is 5.91 Å². The van der Waals surface area contributed by atoms with E-state index in [0.29, 0.717) is 43.5 Å². The van der Waals surface area contributed by atoms with Gasteiger partial charge in [0.25, 0.3) is 5.91 Å². The second-order valence-corrected chi connectivity index (χ2v) is 7.19. The molecular formula is C21H26N4O3. The summed E-state index contributed by atoms with van der Waals surface area (Å²) in [5, 5.41) is 15.2. The average molecular weight is 382 g/mol. The van der Waals surface area contributed by atoms with Crippen LogP contribution in [-0.4, -0.2) is 46.6 Å². The Hall–Kier alpha value is -3.09. The molecule has 148 valence electrons. The highest BCUT2D eigenvalue weighted by molar-refractivity contribution is 5.94. The number of hydrogen-bond donors (Lipinski definition) is 3. The van der Waals surface area contributed by atoms with Crippen LogP contribution in [0.5, 0.6) is 0 Å². The van der Waals surface area contributed by atoms with Gasteiger partial charge in [0, 0.05) is 37.9 Å². The summed E-state index contributed by atoms with van der Waals surface area (Å²) in [7, 11) is 0. The van der Waals surface area contributed by atoms with E-state index >= 15 is 0 Å². The van der Waals surface area contributed by atoms with Crippen LogP contribution in [0.4, 0.5) is 10.6 Å². The minimum absolute atomic E-state index is 0.138. The molecule has 7 heteroatoms. The first-order valence-corrected chi connectivity index (χ1v) is 9.53. The van der Waals surface area contributed by atoms with Gasteiger partial charge in [-0.2, -0.15) is 0 Å². The van der Waals surface area contributed by atoms with Gasteiger partial charge < -0.3 is 20.6 Å². The molecule has 1 aromatic carbocycles. The molecule has 0 spiro atoms. The lowest BCUT2D eigenvalue weighted by molar-refractivity contribution is 0.0928. The monoisotopic (exact) mass is 382 g/mol. The van der Waals surface area contributed by atoms with Crippen molar-refractivity contribution in [2.75, 3.05) is 25.0 Å². The van der Waals surface area contributed by atoms with Gasteiger partial charge >= 0.3 is 6.09 Å². The van der Waals surface area contributed by atoms with E-state index in [1.165, 1.54) is 10.5 Å². The third-order valence-electron chi connectivity index (χ3n) is 5.05. The Bertz CT molecular complexity index is 815. The van der Waals surface area contributed by atoms with Crippen LogP contribution in [0, 0.1) is 12.8 Å². The van der Waals surface area contributed by atoms with E-state index in [1.54, 1.807) is 18.3 Å². The van der Waals surface area contributed by atoms with Crippen molar-refractivity contribution in [2.24, 2.45) is 5.92 Å².